The van der Waals surface area contributed by atoms with Crippen LogP contribution in [-0.2, 0) is 19.9 Å². The van der Waals surface area contributed by atoms with Crippen LogP contribution in [0.15, 0.2) is 42.7 Å². The fraction of sp³-hybridized carbons (Fsp3) is 0.320. The second-order valence-electron chi connectivity index (χ2n) is 8.00. The van der Waals surface area contributed by atoms with Crippen molar-refractivity contribution in [2.75, 3.05) is 13.7 Å². The Balaban J connectivity index is 1.61. The fourth-order valence-electron chi connectivity index (χ4n) is 4.00. The Hall–Kier alpha value is -3.68. The summed E-state index contributed by atoms with van der Waals surface area (Å²) in [7, 11) is 3.39. The van der Waals surface area contributed by atoms with E-state index in [9.17, 15) is 9.18 Å². The molecule has 8 heteroatoms. The topological polar surface area (TPSA) is 73.4 Å². The van der Waals surface area contributed by atoms with E-state index in [4.69, 9.17) is 4.74 Å². The molecule has 0 aliphatic carbocycles. The van der Waals surface area contributed by atoms with Crippen LogP contribution < -0.4 is 10.1 Å². The molecule has 0 bridgehead atoms. The van der Waals surface area contributed by atoms with E-state index in [1.54, 1.807) is 17.8 Å². The lowest BCUT2D eigenvalue weighted by molar-refractivity contribution is 0.0956. The van der Waals surface area contributed by atoms with Gasteiger partial charge in [-0.15, -0.1) is 0 Å². The van der Waals surface area contributed by atoms with Gasteiger partial charge in [-0.2, -0.15) is 5.10 Å². The van der Waals surface area contributed by atoms with Gasteiger partial charge in [-0.1, -0.05) is 13.3 Å². The summed E-state index contributed by atoms with van der Waals surface area (Å²) in [4.78, 5) is 16.6. The second-order valence-corrected chi connectivity index (χ2v) is 8.00. The molecule has 0 aliphatic rings. The minimum Gasteiger partial charge on any atom is -0.493 e. The minimum absolute atomic E-state index is 0.229. The van der Waals surface area contributed by atoms with Crippen LogP contribution in [0.3, 0.4) is 0 Å². The van der Waals surface area contributed by atoms with Crippen LogP contribution in [0.1, 0.15) is 40.8 Å². The normalized spacial score (nSPS) is 11.2. The van der Waals surface area contributed by atoms with Gasteiger partial charge in [0.2, 0.25) is 0 Å². The summed E-state index contributed by atoms with van der Waals surface area (Å²) in [6, 6.07) is 8.37. The summed E-state index contributed by atoms with van der Waals surface area (Å²) < 4.78 is 24.0. The van der Waals surface area contributed by atoms with Gasteiger partial charge < -0.3 is 14.5 Å². The number of hydrogen-bond donors (Lipinski definition) is 1. The van der Waals surface area contributed by atoms with Gasteiger partial charge in [0.1, 0.15) is 17.2 Å². The third kappa shape index (κ3) is 4.46. The van der Waals surface area contributed by atoms with E-state index in [0.717, 1.165) is 41.0 Å². The van der Waals surface area contributed by atoms with Gasteiger partial charge in [0.05, 0.1) is 6.61 Å². The number of ether oxygens (including phenoxy) is 1. The number of aryl methyl sites for hydroxylation is 2. The molecule has 0 aliphatic heterocycles. The van der Waals surface area contributed by atoms with Gasteiger partial charge in [0.15, 0.2) is 5.69 Å². The van der Waals surface area contributed by atoms with Gasteiger partial charge in [-0.25, -0.2) is 9.37 Å². The van der Waals surface area contributed by atoms with Crippen molar-refractivity contribution in [2.24, 2.45) is 7.05 Å². The Labute approximate surface area is 192 Å². The highest BCUT2D eigenvalue weighted by Gasteiger charge is 2.19. The molecule has 4 rings (SSSR count). The summed E-state index contributed by atoms with van der Waals surface area (Å²) in [6.45, 7) is 4.37. The number of hydrogen-bond acceptors (Lipinski definition) is 4. The lowest BCUT2D eigenvalue weighted by Crippen LogP contribution is -2.20. The van der Waals surface area contributed by atoms with Crippen molar-refractivity contribution >= 4 is 11.6 Å². The first-order chi connectivity index (χ1) is 15.9. The molecule has 1 amide bonds. The Morgan fingerprint density at radius 2 is 2.03 bits per heavy atom. The zero-order valence-corrected chi connectivity index (χ0v) is 19.4. The van der Waals surface area contributed by atoms with Crippen molar-refractivity contribution in [2.45, 2.75) is 33.1 Å². The molecule has 0 atom stereocenters. The van der Waals surface area contributed by atoms with Crippen LogP contribution in [0.4, 0.5) is 4.39 Å². The van der Waals surface area contributed by atoms with Gasteiger partial charge in [-0.05, 0) is 43.7 Å². The van der Waals surface area contributed by atoms with Gasteiger partial charge in [-0.3, -0.25) is 9.48 Å². The van der Waals surface area contributed by atoms with Crippen molar-refractivity contribution in [3.05, 3.63) is 71.2 Å². The van der Waals surface area contributed by atoms with Crippen molar-refractivity contribution in [1.29, 1.82) is 0 Å². The number of pyridine rings is 1. The second kappa shape index (κ2) is 9.44. The third-order valence-corrected chi connectivity index (χ3v) is 5.85. The fourth-order valence-corrected chi connectivity index (χ4v) is 4.00. The first kappa shape index (κ1) is 22.5. The predicted octanol–water partition coefficient (Wildman–Crippen LogP) is 4.12. The van der Waals surface area contributed by atoms with Crippen LogP contribution in [0.2, 0.25) is 0 Å². The maximum Gasteiger partial charge on any atom is 0.271 e. The van der Waals surface area contributed by atoms with Gasteiger partial charge in [0.25, 0.3) is 5.91 Å². The average Bonchev–Trinajstić information content (AvgIpc) is 3.35. The first-order valence-electron chi connectivity index (χ1n) is 11.1. The number of fused-ring (bicyclic) bond motifs is 1. The summed E-state index contributed by atoms with van der Waals surface area (Å²) in [5.74, 6) is 0.0190. The van der Waals surface area contributed by atoms with E-state index in [-0.39, 0.29) is 11.7 Å². The number of halogens is 1. The largest absolute Gasteiger partial charge is 0.493 e. The van der Waals surface area contributed by atoms with E-state index in [1.807, 2.05) is 42.9 Å². The number of nitrogens with zero attached hydrogens (tertiary/aromatic N) is 4. The molecule has 4 aromatic rings. The van der Waals surface area contributed by atoms with E-state index in [0.29, 0.717) is 30.0 Å². The highest BCUT2D eigenvalue weighted by molar-refractivity contribution is 5.93. The van der Waals surface area contributed by atoms with E-state index < -0.39 is 0 Å². The van der Waals surface area contributed by atoms with Crippen molar-refractivity contribution < 1.29 is 13.9 Å². The van der Waals surface area contributed by atoms with Crippen molar-refractivity contribution in [3.63, 3.8) is 0 Å². The van der Waals surface area contributed by atoms with Crippen LogP contribution in [-0.4, -0.2) is 38.7 Å². The highest BCUT2D eigenvalue weighted by atomic mass is 19.1. The highest BCUT2D eigenvalue weighted by Crippen LogP contribution is 2.32. The Morgan fingerprint density at radius 3 is 2.79 bits per heavy atom. The minimum atomic E-state index is -0.332. The van der Waals surface area contributed by atoms with Gasteiger partial charge >= 0.3 is 0 Å². The monoisotopic (exact) mass is 449 g/mol. The molecule has 0 fully saturated rings. The van der Waals surface area contributed by atoms with Crippen LogP contribution in [0.5, 0.6) is 5.75 Å². The van der Waals surface area contributed by atoms with Crippen molar-refractivity contribution in [1.82, 2.24) is 24.5 Å². The van der Waals surface area contributed by atoms with Gasteiger partial charge in [0, 0.05) is 61.0 Å². The number of rotatable bonds is 8. The molecule has 33 heavy (non-hydrogen) atoms. The maximum atomic E-state index is 14.2. The molecule has 0 saturated carbocycles. The quantitative estimate of drug-likeness (QED) is 0.439. The molecule has 3 aromatic heterocycles. The summed E-state index contributed by atoms with van der Waals surface area (Å²) in [5.41, 5.74) is 5.62. The van der Waals surface area contributed by atoms with E-state index in [1.165, 1.54) is 12.1 Å². The zero-order chi connectivity index (χ0) is 23.5. The maximum absolute atomic E-state index is 14.2. The number of nitrogens with one attached hydrogen (secondary N) is 1. The molecule has 1 N–H and O–H groups in total. The number of amides is 1. The molecular formula is C25H28FN5O2. The summed E-state index contributed by atoms with van der Waals surface area (Å²) >= 11 is 0. The number of benzene rings is 1. The number of imidazole rings is 1. The molecule has 7 nitrogen and oxygen atoms in total. The summed E-state index contributed by atoms with van der Waals surface area (Å²) in [6.07, 6.45) is 6.28. The van der Waals surface area contributed by atoms with E-state index in [2.05, 4.69) is 22.3 Å². The molecule has 0 spiro atoms. The molecule has 3 heterocycles. The molecular weight excluding hydrogens is 421 g/mol. The average molecular weight is 450 g/mol. The lowest BCUT2D eigenvalue weighted by Gasteiger charge is -2.13. The smallest absolute Gasteiger partial charge is 0.271 e. The number of carbonyl (C=O) groups is 1. The first-order valence-corrected chi connectivity index (χ1v) is 11.1. The number of aromatic nitrogens is 4. The third-order valence-electron chi connectivity index (χ3n) is 5.85. The predicted molar refractivity (Wildman–Crippen MR) is 125 cm³/mol. The van der Waals surface area contributed by atoms with Crippen molar-refractivity contribution in [3.8, 4) is 16.9 Å². The molecule has 1 aromatic carbocycles. The molecule has 0 saturated heterocycles. The Morgan fingerprint density at radius 1 is 1.21 bits per heavy atom. The summed E-state index contributed by atoms with van der Waals surface area (Å²) in [5, 5.41) is 6.95. The molecule has 0 radical (unpaired) electrons. The Kier molecular flexibility index (Phi) is 6.44. The van der Waals surface area contributed by atoms with Crippen LogP contribution in [0.25, 0.3) is 16.8 Å². The zero-order valence-electron chi connectivity index (χ0n) is 19.4. The van der Waals surface area contributed by atoms with E-state index >= 15 is 0 Å². The molecule has 0 unspecified atom stereocenters. The van der Waals surface area contributed by atoms with Crippen LogP contribution >= 0.6 is 0 Å². The standard InChI is InChI=1S/C25H28FN5O2/c1-5-6-19-14-28-23-10-7-17(15-31(19)23)21-13-18(26)8-9-22(21)33-12-11-20-16(2)30(4)29-24(20)25(32)27-3/h7-10,13-15H,5-6,11-12H2,1-4H3,(H,27,32). The Bertz CT molecular complexity index is 1310. The van der Waals surface area contributed by atoms with Crippen LogP contribution in [0, 0.1) is 12.7 Å². The SMILES string of the molecule is CCCc1cnc2ccc(-c3cc(F)ccc3OCCc3c(C(=O)NC)nn(C)c3C)cn12. The molecule has 172 valence electrons. The lowest BCUT2D eigenvalue weighted by atomic mass is 10.1. The number of carbonyl (C=O) groups excluding carboxylic acids is 1.